The van der Waals surface area contributed by atoms with Crippen molar-refractivity contribution in [3.8, 4) is 0 Å². The van der Waals surface area contributed by atoms with Gasteiger partial charge in [-0.3, -0.25) is 9.59 Å². The first-order valence-electron chi connectivity index (χ1n) is 32.9. The maximum Gasteiger partial charge on any atom is 0.305 e. The Kier molecular flexibility index (Phi) is 61.5. The summed E-state index contributed by atoms with van der Waals surface area (Å²) in [6.45, 7) is 4.91. The fourth-order valence-corrected chi connectivity index (χ4v) is 10.1. The first-order valence-corrected chi connectivity index (χ1v) is 32.9. The number of ether oxygens (including phenoxy) is 1. The highest BCUT2D eigenvalue weighted by Gasteiger charge is 2.20. The Bertz CT molecular complexity index is 1240. The molecule has 434 valence electrons. The Labute approximate surface area is 461 Å². The number of hydrogen-bond donors (Lipinski definition) is 3. The molecule has 0 aromatic rings. The molecule has 0 heterocycles. The fourth-order valence-electron chi connectivity index (χ4n) is 10.1. The molecule has 0 radical (unpaired) electrons. The number of esters is 1. The van der Waals surface area contributed by atoms with Gasteiger partial charge in [-0.2, -0.15) is 0 Å². The number of amides is 1. The van der Waals surface area contributed by atoms with E-state index in [0.717, 1.165) is 77.0 Å². The Morgan fingerprint density at radius 1 is 0.392 bits per heavy atom. The van der Waals surface area contributed by atoms with E-state index in [1.807, 2.05) is 0 Å². The van der Waals surface area contributed by atoms with Gasteiger partial charge in [0, 0.05) is 12.8 Å². The van der Waals surface area contributed by atoms with E-state index in [1.165, 1.54) is 238 Å². The second-order valence-corrected chi connectivity index (χ2v) is 22.5. The third kappa shape index (κ3) is 59.1. The van der Waals surface area contributed by atoms with Crippen LogP contribution >= 0.6 is 0 Å². The zero-order valence-corrected chi connectivity index (χ0v) is 49.6. The molecule has 74 heavy (non-hydrogen) atoms. The van der Waals surface area contributed by atoms with Crippen molar-refractivity contribution in [3.05, 3.63) is 48.6 Å². The summed E-state index contributed by atoms with van der Waals surface area (Å²) in [5.41, 5.74) is 0. The van der Waals surface area contributed by atoms with E-state index in [4.69, 9.17) is 4.74 Å². The van der Waals surface area contributed by atoms with Gasteiger partial charge in [-0.05, 0) is 89.9 Å². The monoisotopic (exact) mass is 1040 g/mol. The molecular weight excluding hydrogens is 911 g/mol. The number of hydrogen-bond acceptors (Lipinski definition) is 5. The van der Waals surface area contributed by atoms with Gasteiger partial charge >= 0.3 is 5.97 Å². The normalized spacial score (nSPS) is 12.9. The maximum atomic E-state index is 12.5. The molecule has 0 aliphatic heterocycles. The minimum atomic E-state index is -0.673. The van der Waals surface area contributed by atoms with Gasteiger partial charge < -0.3 is 20.3 Å². The standard InChI is InChI=1S/C68H127NO5/c1-3-5-7-9-11-13-15-17-19-21-23-25-28-32-36-40-44-48-52-56-60-66(71)65(64-70)69-67(72)61-57-53-49-45-41-37-33-29-26-24-27-31-35-39-43-47-51-55-59-63-74-68(73)62-58-54-50-46-42-38-34-30-22-20-18-16-14-12-10-8-6-4-2/h14,16,20,22,31,35,39,43,65-66,70-71H,3-13,15,17-19,21,23-30,32-34,36-38,40-42,44-64H2,1-2H3,(H,69,72)/b16-14-,22-20-,35-31-,43-39-. The van der Waals surface area contributed by atoms with Crippen LogP contribution in [0, 0.1) is 0 Å². The smallest absolute Gasteiger partial charge is 0.305 e. The number of allylic oxidation sites excluding steroid dienone is 8. The third-order valence-electron chi connectivity index (χ3n) is 15.1. The second-order valence-electron chi connectivity index (χ2n) is 22.5. The summed E-state index contributed by atoms with van der Waals surface area (Å²) in [6, 6.07) is -0.551. The summed E-state index contributed by atoms with van der Waals surface area (Å²) in [4.78, 5) is 24.6. The summed E-state index contributed by atoms with van der Waals surface area (Å²) in [5, 5.41) is 23.4. The van der Waals surface area contributed by atoms with Crippen molar-refractivity contribution < 1.29 is 24.5 Å². The summed E-state index contributed by atoms with van der Waals surface area (Å²) in [5.74, 6) is -0.0631. The van der Waals surface area contributed by atoms with Gasteiger partial charge in [0.15, 0.2) is 0 Å². The van der Waals surface area contributed by atoms with Crippen LogP contribution in [0.2, 0.25) is 0 Å². The lowest BCUT2D eigenvalue weighted by atomic mass is 10.0. The first kappa shape index (κ1) is 71.8. The molecule has 0 aliphatic rings. The van der Waals surface area contributed by atoms with Gasteiger partial charge in [0.05, 0.1) is 25.4 Å². The number of aliphatic hydroxyl groups is 2. The van der Waals surface area contributed by atoms with E-state index in [1.54, 1.807) is 0 Å². The van der Waals surface area contributed by atoms with Crippen LogP contribution in [0.15, 0.2) is 48.6 Å². The highest BCUT2D eigenvalue weighted by atomic mass is 16.5. The average molecular weight is 1040 g/mol. The molecule has 3 N–H and O–H groups in total. The zero-order valence-electron chi connectivity index (χ0n) is 49.6. The number of carbonyl (C=O) groups is 2. The van der Waals surface area contributed by atoms with Crippen LogP contribution in [0.1, 0.15) is 348 Å². The van der Waals surface area contributed by atoms with E-state index in [2.05, 4.69) is 67.8 Å². The van der Waals surface area contributed by atoms with Crippen LogP contribution in [-0.2, 0) is 14.3 Å². The topological polar surface area (TPSA) is 95.9 Å². The molecule has 0 aromatic carbocycles. The number of unbranched alkanes of at least 4 members (excludes halogenated alkanes) is 43. The zero-order chi connectivity index (χ0) is 53.6. The SMILES string of the molecule is CCCCCC/C=C\C/C=C\CCCCCCCCCC(=O)OCCCCC/C=C\C=C/CCCCCCCCCCCCC(=O)NC(CO)C(O)CCCCCCCCCCCCCCCCCCCCCC. The van der Waals surface area contributed by atoms with Crippen molar-refractivity contribution in [1.82, 2.24) is 5.32 Å². The Hall–Kier alpha value is -2.18. The highest BCUT2D eigenvalue weighted by molar-refractivity contribution is 5.76. The molecule has 0 saturated heterocycles. The summed E-state index contributed by atoms with van der Waals surface area (Å²) in [6.07, 6.45) is 81.3. The molecule has 6 nitrogen and oxygen atoms in total. The molecule has 0 aromatic heterocycles. The van der Waals surface area contributed by atoms with Crippen LogP contribution in [-0.4, -0.2) is 47.4 Å². The molecule has 0 rings (SSSR count). The largest absolute Gasteiger partial charge is 0.466 e. The predicted molar refractivity (Wildman–Crippen MR) is 324 cm³/mol. The van der Waals surface area contributed by atoms with E-state index in [9.17, 15) is 19.8 Å². The molecule has 6 heteroatoms. The highest BCUT2D eigenvalue weighted by Crippen LogP contribution is 2.18. The van der Waals surface area contributed by atoms with Gasteiger partial charge in [-0.1, -0.05) is 294 Å². The Morgan fingerprint density at radius 3 is 1.12 bits per heavy atom. The number of aliphatic hydroxyl groups excluding tert-OH is 2. The number of carbonyl (C=O) groups excluding carboxylic acids is 2. The molecule has 0 spiro atoms. The van der Waals surface area contributed by atoms with Crippen molar-refractivity contribution >= 4 is 11.9 Å². The molecule has 0 aliphatic carbocycles. The van der Waals surface area contributed by atoms with Gasteiger partial charge in [0.1, 0.15) is 0 Å². The lowest BCUT2D eigenvalue weighted by Gasteiger charge is -2.22. The summed E-state index contributed by atoms with van der Waals surface area (Å²) < 4.78 is 5.47. The number of rotatable bonds is 61. The number of nitrogens with one attached hydrogen (secondary N) is 1. The van der Waals surface area contributed by atoms with Crippen LogP contribution in [0.3, 0.4) is 0 Å². The molecule has 0 bridgehead atoms. The van der Waals surface area contributed by atoms with Gasteiger partial charge in [0.25, 0.3) is 0 Å². The van der Waals surface area contributed by atoms with Crippen LogP contribution < -0.4 is 5.32 Å². The van der Waals surface area contributed by atoms with Gasteiger partial charge in [-0.15, -0.1) is 0 Å². The Balaban J connectivity index is 3.47. The minimum absolute atomic E-state index is 0.0204. The molecule has 2 atom stereocenters. The van der Waals surface area contributed by atoms with Crippen molar-refractivity contribution in [2.45, 2.75) is 360 Å². The van der Waals surface area contributed by atoms with E-state index < -0.39 is 12.1 Å². The molecular formula is C68H127NO5. The van der Waals surface area contributed by atoms with Crippen molar-refractivity contribution in [2.75, 3.05) is 13.2 Å². The minimum Gasteiger partial charge on any atom is -0.466 e. The summed E-state index contributed by atoms with van der Waals surface area (Å²) in [7, 11) is 0. The average Bonchev–Trinajstić information content (AvgIpc) is 3.40. The lowest BCUT2D eigenvalue weighted by Crippen LogP contribution is -2.45. The lowest BCUT2D eigenvalue weighted by molar-refractivity contribution is -0.143. The molecule has 2 unspecified atom stereocenters. The van der Waals surface area contributed by atoms with Gasteiger partial charge in [0.2, 0.25) is 5.91 Å². The van der Waals surface area contributed by atoms with Crippen molar-refractivity contribution in [2.24, 2.45) is 0 Å². The third-order valence-corrected chi connectivity index (χ3v) is 15.1. The van der Waals surface area contributed by atoms with E-state index in [0.29, 0.717) is 25.9 Å². The first-order chi connectivity index (χ1) is 36.5. The molecule has 0 fully saturated rings. The second kappa shape index (κ2) is 63.4. The fraction of sp³-hybridized carbons (Fsp3) is 0.853. The van der Waals surface area contributed by atoms with Crippen molar-refractivity contribution in [1.29, 1.82) is 0 Å². The Morgan fingerprint density at radius 2 is 0.716 bits per heavy atom. The van der Waals surface area contributed by atoms with Crippen LogP contribution in [0.4, 0.5) is 0 Å². The van der Waals surface area contributed by atoms with E-state index in [-0.39, 0.29) is 18.5 Å². The summed E-state index contributed by atoms with van der Waals surface area (Å²) >= 11 is 0. The quantitative estimate of drug-likeness (QED) is 0.0244. The van der Waals surface area contributed by atoms with Crippen LogP contribution in [0.5, 0.6) is 0 Å². The van der Waals surface area contributed by atoms with Crippen LogP contribution in [0.25, 0.3) is 0 Å². The van der Waals surface area contributed by atoms with Crippen molar-refractivity contribution in [3.63, 3.8) is 0 Å². The maximum absolute atomic E-state index is 12.5. The molecule has 0 saturated carbocycles. The molecule has 1 amide bonds. The van der Waals surface area contributed by atoms with Gasteiger partial charge in [-0.25, -0.2) is 0 Å². The van der Waals surface area contributed by atoms with E-state index >= 15 is 0 Å². The predicted octanol–water partition coefficient (Wildman–Crippen LogP) is 20.9.